The van der Waals surface area contributed by atoms with Gasteiger partial charge in [-0.25, -0.2) is 0 Å². The van der Waals surface area contributed by atoms with E-state index in [1.807, 2.05) is 30.5 Å². The molecule has 3 aromatic rings. The van der Waals surface area contributed by atoms with Crippen molar-refractivity contribution in [2.24, 2.45) is 5.73 Å². The minimum Gasteiger partial charge on any atom is -0.508 e. The zero-order valence-electron chi connectivity index (χ0n) is 20.7. The maximum atomic E-state index is 13.3. The van der Waals surface area contributed by atoms with Gasteiger partial charge in [0.1, 0.15) is 24.4 Å². The van der Waals surface area contributed by atoms with Crippen LogP contribution in [0.2, 0.25) is 0 Å². The van der Waals surface area contributed by atoms with Crippen LogP contribution in [0.15, 0.2) is 54.7 Å². The number of benzene rings is 2. The molecule has 1 fully saturated rings. The summed E-state index contributed by atoms with van der Waals surface area (Å²) in [6.07, 6.45) is 3.22. The molecule has 200 valence electrons. The molecule has 1 aliphatic rings. The van der Waals surface area contributed by atoms with Crippen LogP contribution in [-0.4, -0.2) is 75.0 Å². The highest BCUT2D eigenvalue weighted by molar-refractivity contribution is 5.94. The van der Waals surface area contributed by atoms with E-state index in [0.29, 0.717) is 31.4 Å². The highest BCUT2D eigenvalue weighted by atomic mass is 16.4. The Balaban J connectivity index is 1.44. The highest BCUT2D eigenvalue weighted by Crippen LogP contribution is 2.22. The van der Waals surface area contributed by atoms with Gasteiger partial charge >= 0.3 is 5.97 Å². The number of likely N-dealkylation sites (tertiary alicyclic amines) is 1. The Morgan fingerprint density at radius 1 is 1.08 bits per heavy atom. The first kappa shape index (κ1) is 26.7. The van der Waals surface area contributed by atoms with E-state index in [1.54, 1.807) is 12.1 Å². The second kappa shape index (κ2) is 11.8. The molecule has 4 rings (SSSR count). The van der Waals surface area contributed by atoms with Gasteiger partial charge in [-0.2, -0.15) is 0 Å². The Labute approximate surface area is 219 Å². The molecule has 2 aromatic carbocycles. The number of aromatic amines is 1. The third-order valence-corrected chi connectivity index (χ3v) is 6.69. The smallest absolute Gasteiger partial charge is 0.322 e. The van der Waals surface area contributed by atoms with Gasteiger partial charge in [0.25, 0.3) is 0 Å². The van der Waals surface area contributed by atoms with Crippen LogP contribution in [0.5, 0.6) is 5.75 Å². The Kier molecular flexibility index (Phi) is 8.27. The predicted molar refractivity (Wildman–Crippen MR) is 139 cm³/mol. The van der Waals surface area contributed by atoms with Gasteiger partial charge in [0.15, 0.2) is 0 Å². The Morgan fingerprint density at radius 3 is 2.55 bits per heavy atom. The fraction of sp³-hybridized carbons (Fsp3) is 0.333. The molecule has 3 unspecified atom stereocenters. The van der Waals surface area contributed by atoms with Gasteiger partial charge in [-0.05, 0) is 48.6 Å². The van der Waals surface area contributed by atoms with Crippen molar-refractivity contribution in [3.8, 4) is 5.75 Å². The van der Waals surface area contributed by atoms with E-state index >= 15 is 0 Å². The number of para-hydroxylation sites is 1. The van der Waals surface area contributed by atoms with E-state index in [9.17, 15) is 24.3 Å². The summed E-state index contributed by atoms with van der Waals surface area (Å²) in [6.45, 7) is -0.232. The molecule has 2 heterocycles. The number of carboxylic acids is 1. The number of carbonyl (C=O) groups is 4. The van der Waals surface area contributed by atoms with Gasteiger partial charge in [-0.15, -0.1) is 0 Å². The van der Waals surface area contributed by atoms with Crippen molar-refractivity contribution in [2.75, 3.05) is 13.1 Å². The van der Waals surface area contributed by atoms with Crippen LogP contribution in [0.3, 0.4) is 0 Å². The van der Waals surface area contributed by atoms with Crippen molar-refractivity contribution in [3.05, 3.63) is 65.9 Å². The second-order valence-corrected chi connectivity index (χ2v) is 9.40. The summed E-state index contributed by atoms with van der Waals surface area (Å²) in [5.41, 5.74) is 8.80. The average Bonchev–Trinajstić information content (AvgIpc) is 3.55. The van der Waals surface area contributed by atoms with Crippen LogP contribution < -0.4 is 16.4 Å². The summed E-state index contributed by atoms with van der Waals surface area (Å²) < 4.78 is 0. The number of hydrogen-bond donors (Lipinski definition) is 6. The second-order valence-electron chi connectivity index (χ2n) is 9.40. The SMILES string of the molecule is NC(Cc1c[nH]c2ccccc12)C(=O)N1CCCC1C(=O)NC(Cc1ccc(O)cc1)C(=O)NCC(=O)O. The summed E-state index contributed by atoms with van der Waals surface area (Å²) in [4.78, 5) is 54.9. The quantitative estimate of drug-likeness (QED) is 0.227. The first-order chi connectivity index (χ1) is 18.2. The van der Waals surface area contributed by atoms with E-state index < -0.39 is 42.5 Å². The van der Waals surface area contributed by atoms with Crippen LogP contribution in [0.4, 0.5) is 0 Å². The molecule has 1 aliphatic heterocycles. The number of amides is 3. The number of hydrogen-bond acceptors (Lipinski definition) is 6. The number of phenols is 1. The maximum absolute atomic E-state index is 13.3. The van der Waals surface area contributed by atoms with Crippen molar-refractivity contribution in [1.82, 2.24) is 20.5 Å². The number of fused-ring (bicyclic) bond motifs is 1. The number of aromatic hydroxyl groups is 1. The molecule has 0 radical (unpaired) electrons. The van der Waals surface area contributed by atoms with Gasteiger partial charge in [0.05, 0.1) is 6.04 Å². The summed E-state index contributed by atoms with van der Waals surface area (Å²) in [6, 6.07) is 11.1. The zero-order chi connectivity index (χ0) is 27.2. The predicted octanol–water partition coefficient (Wildman–Crippen LogP) is 0.663. The average molecular weight is 522 g/mol. The van der Waals surface area contributed by atoms with Gasteiger partial charge in [-0.3, -0.25) is 19.2 Å². The number of nitrogens with zero attached hydrogens (tertiary/aromatic N) is 1. The fourth-order valence-electron chi connectivity index (χ4n) is 4.77. The van der Waals surface area contributed by atoms with Gasteiger partial charge in [0.2, 0.25) is 17.7 Å². The molecule has 0 aliphatic carbocycles. The molecule has 0 bridgehead atoms. The molecular weight excluding hydrogens is 490 g/mol. The Hall–Kier alpha value is -4.38. The molecule has 0 spiro atoms. The molecule has 1 aromatic heterocycles. The van der Waals surface area contributed by atoms with Crippen LogP contribution >= 0.6 is 0 Å². The summed E-state index contributed by atoms with van der Waals surface area (Å²) in [5.74, 6) is -2.69. The number of carboxylic acid groups (broad SMARTS) is 1. The molecule has 3 amide bonds. The topological polar surface area (TPSA) is 178 Å². The molecule has 0 saturated carbocycles. The molecule has 11 nitrogen and oxygen atoms in total. The standard InChI is InChI=1S/C27H31N5O6/c28-20(13-17-14-29-21-5-2-1-4-19(17)21)27(38)32-11-3-6-23(32)26(37)31-22(25(36)30-15-24(34)35)12-16-7-9-18(33)10-8-16/h1-2,4-5,7-10,14,20,22-23,29,33H,3,6,11-13,15,28H2,(H,30,36)(H,31,37)(H,34,35). The molecule has 1 saturated heterocycles. The van der Waals surface area contributed by atoms with E-state index in [1.165, 1.54) is 17.0 Å². The van der Waals surface area contributed by atoms with Gasteiger partial charge < -0.3 is 36.5 Å². The lowest BCUT2D eigenvalue weighted by Crippen LogP contribution is -2.56. The Bertz CT molecular complexity index is 1320. The first-order valence-electron chi connectivity index (χ1n) is 12.4. The third-order valence-electron chi connectivity index (χ3n) is 6.69. The van der Waals surface area contributed by atoms with Gasteiger partial charge in [-0.1, -0.05) is 30.3 Å². The van der Waals surface area contributed by atoms with Crippen molar-refractivity contribution in [1.29, 1.82) is 0 Å². The number of phenolic OH excluding ortho intramolecular Hbond substituents is 1. The summed E-state index contributed by atoms with van der Waals surface area (Å²) in [5, 5.41) is 24.4. The molecule has 11 heteroatoms. The minimum atomic E-state index is -1.22. The number of carbonyl (C=O) groups excluding carboxylic acids is 3. The summed E-state index contributed by atoms with van der Waals surface area (Å²) >= 11 is 0. The van der Waals surface area contributed by atoms with E-state index in [-0.39, 0.29) is 18.1 Å². The molecule has 38 heavy (non-hydrogen) atoms. The van der Waals surface area contributed by atoms with Gasteiger partial charge in [0, 0.05) is 30.1 Å². The number of rotatable bonds is 10. The third kappa shape index (κ3) is 6.30. The number of nitrogens with one attached hydrogen (secondary N) is 3. The molecule has 3 atom stereocenters. The van der Waals surface area contributed by atoms with Crippen molar-refractivity contribution in [2.45, 2.75) is 43.8 Å². The highest BCUT2D eigenvalue weighted by Gasteiger charge is 2.37. The number of H-pyrrole nitrogens is 1. The minimum absolute atomic E-state index is 0.0498. The van der Waals surface area contributed by atoms with E-state index in [0.717, 1.165) is 16.5 Å². The monoisotopic (exact) mass is 521 g/mol. The molecular formula is C27H31N5O6. The van der Waals surface area contributed by atoms with E-state index in [4.69, 9.17) is 10.8 Å². The van der Waals surface area contributed by atoms with Crippen LogP contribution in [-0.2, 0) is 32.0 Å². The lowest BCUT2D eigenvalue weighted by atomic mass is 10.0. The largest absolute Gasteiger partial charge is 0.508 e. The number of aliphatic carboxylic acids is 1. The maximum Gasteiger partial charge on any atom is 0.322 e. The van der Waals surface area contributed by atoms with Crippen LogP contribution in [0.1, 0.15) is 24.0 Å². The zero-order valence-corrected chi connectivity index (χ0v) is 20.7. The normalized spacial score (nSPS) is 16.7. The fourth-order valence-corrected chi connectivity index (χ4v) is 4.77. The lowest BCUT2D eigenvalue weighted by Gasteiger charge is -2.28. The Morgan fingerprint density at radius 2 is 1.82 bits per heavy atom. The number of aromatic nitrogens is 1. The van der Waals surface area contributed by atoms with Crippen molar-refractivity contribution >= 4 is 34.6 Å². The number of nitrogens with two attached hydrogens (primary N) is 1. The first-order valence-corrected chi connectivity index (χ1v) is 12.4. The van der Waals surface area contributed by atoms with Crippen molar-refractivity contribution in [3.63, 3.8) is 0 Å². The van der Waals surface area contributed by atoms with Crippen molar-refractivity contribution < 1.29 is 29.4 Å². The lowest BCUT2D eigenvalue weighted by molar-refractivity contribution is -0.141. The van der Waals surface area contributed by atoms with Crippen LogP contribution in [0.25, 0.3) is 10.9 Å². The molecule has 7 N–H and O–H groups in total. The van der Waals surface area contributed by atoms with E-state index in [2.05, 4.69) is 15.6 Å². The van der Waals surface area contributed by atoms with Crippen LogP contribution in [0, 0.1) is 0 Å². The summed E-state index contributed by atoms with van der Waals surface area (Å²) in [7, 11) is 0.